The van der Waals surface area contributed by atoms with Crippen LogP contribution in [0.4, 0.5) is 5.69 Å². The Morgan fingerprint density at radius 2 is 1.95 bits per heavy atom. The third kappa shape index (κ3) is 3.87. The van der Waals surface area contributed by atoms with Crippen LogP contribution in [-0.2, 0) is 4.79 Å². The smallest absolute Gasteiger partial charge is 0.222 e. The molecule has 0 spiro atoms. The van der Waals surface area contributed by atoms with Crippen LogP contribution in [0.1, 0.15) is 19.8 Å². The molecule has 1 amide bonds. The Morgan fingerprint density at radius 1 is 1.30 bits per heavy atom. The predicted molar refractivity (Wildman–Crippen MR) is 81.2 cm³/mol. The van der Waals surface area contributed by atoms with E-state index in [2.05, 4.69) is 4.90 Å². The molecule has 1 heterocycles. The number of piperazine rings is 1. The van der Waals surface area contributed by atoms with E-state index in [1.807, 2.05) is 29.2 Å². The van der Waals surface area contributed by atoms with E-state index in [0.717, 1.165) is 23.8 Å². The first-order valence-electron chi connectivity index (χ1n) is 7.03. The molecule has 5 heteroatoms. The maximum Gasteiger partial charge on any atom is 0.222 e. The standard InChI is InChI=1S/C15H21ClN2O2/c1-12(19)6-7-15(20)18-10-8-17(9-11-18)14-5-3-2-4-13(14)16/h2-5,12,19H,6-11H2,1H3. The SMILES string of the molecule is CC(O)CCC(=O)N1CCN(c2ccccc2Cl)CC1. The number of para-hydroxylation sites is 1. The number of aliphatic hydroxyl groups is 1. The molecule has 1 atom stereocenters. The van der Waals surface area contributed by atoms with Gasteiger partial charge in [-0.25, -0.2) is 0 Å². The number of carbonyl (C=O) groups excluding carboxylic acids is 1. The van der Waals surface area contributed by atoms with Crippen molar-refractivity contribution in [3.8, 4) is 0 Å². The number of benzene rings is 1. The molecule has 0 aliphatic carbocycles. The van der Waals surface area contributed by atoms with Gasteiger partial charge in [0.1, 0.15) is 0 Å². The Kier molecular flexibility index (Phi) is 5.26. The van der Waals surface area contributed by atoms with Crippen LogP contribution in [0.5, 0.6) is 0 Å². The second-order valence-corrected chi connectivity index (χ2v) is 5.61. The number of carbonyl (C=O) groups is 1. The number of amides is 1. The zero-order valence-electron chi connectivity index (χ0n) is 11.8. The van der Waals surface area contributed by atoms with E-state index < -0.39 is 6.10 Å². The molecule has 0 bridgehead atoms. The number of hydrogen-bond donors (Lipinski definition) is 1. The first-order chi connectivity index (χ1) is 9.58. The van der Waals surface area contributed by atoms with Gasteiger partial charge in [-0.1, -0.05) is 23.7 Å². The molecular formula is C15H21ClN2O2. The molecule has 0 radical (unpaired) electrons. The van der Waals surface area contributed by atoms with Gasteiger partial charge in [0.2, 0.25) is 5.91 Å². The van der Waals surface area contributed by atoms with Crippen molar-refractivity contribution in [2.24, 2.45) is 0 Å². The monoisotopic (exact) mass is 296 g/mol. The van der Waals surface area contributed by atoms with E-state index in [1.54, 1.807) is 6.92 Å². The van der Waals surface area contributed by atoms with Crippen LogP contribution >= 0.6 is 11.6 Å². The lowest BCUT2D eigenvalue weighted by Gasteiger charge is -2.36. The van der Waals surface area contributed by atoms with Crippen molar-refractivity contribution in [1.29, 1.82) is 0 Å². The lowest BCUT2D eigenvalue weighted by Crippen LogP contribution is -2.48. The first kappa shape index (κ1) is 15.1. The molecule has 1 saturated heterocycles. The highest BCUT2D eigenvalue weighted by Gasteiger charge is 2.22. The minimum absolute atomic E-state index is 0.129. The maximum absolute atomic E-state index is 12.0. The Labute approximate surface area is 124 Å². The lowest BCUT2D eigenvalue weighted by molar-refractivity contribution is -0.132. The number of halogens is 1. The third-order valence-electron chi connectivity index (χ3n) is 3.60. The summed E-state index contributed by atoms with van der Waals surface area (Å²) in [6.45, 7) is 4.73. The molecule has 1 aliphatic rings. The van der Waals surface area contributed by atoms with Gasteiger partial charge in [-0.3, -0.25) is 4.79 Å². The zero-order chi connectivity index (χ0) is 14.5. The molecule has 0 aromatic heterocycles. The fraction of sp³-hybridized carbons (Fsp3) is 0.533. The van der Waals surface area contributed by atoms with Crippen LogP contribution < -0.4 is 4.90 Å². The highest BCUT2D eigenvalue weighted by Crippen LogP contribution is 2.26. The second kappa shape index (κ2) is 6.95. The molecule has 1 unspecified atom stereocenters. The molecule has 1 fully saturated rings. The molecule has 1 aromatic carbocycles. The molecule has 1 N–H and O–H groups in total. The lowest BCUT2D eigenvalue weighted by atomic mass is 10.2. The van der Waals surface area contributed by atoms with E-state index in [1.165, 1.54) is 0 Å². The average molecular weight is 297 g/mol. The van der Waals surface area contributed by atoms with Crippen molar-refractivity contribution in [3.05, 3.63) is 29.3 Å². The van der Waals surface area contributed by atoms with Gasteiger partial charge in [0.25, 0.3) is 0 Å². The van der Waals surface area contributed by atoms with Crippen LogP contribution in [-0.4, -0.2) is 48.2 Å². The fourth-order valence-electron chi connectivity index (χ4n) is 2.40. The Bertz CT molecular complexity index is 457. The minimum Gasteiger partial charge on any atom is -0.393 e. The summed E-state index contributed by atoms with van der Waals surface area (Å²) in [6.07, 6.45) is 0.538. The summed E-state index contributed by atoms with van der Waals surface area (Å²) < 4.78 is 0. The van der Waals surface area contributed by atoms with Crippen LogP contribution in [0.2, 0.25) is 5.02 Å². The quantitative estimate of drug-likeness (QED) is 0.926. The van der Waals surface area contributed by atoms with Crippen molar-refractivity contribution in [2.75, 3.05) is 31.1 Å². The first-order valence-corrected chi connectivity index (χ1v) is 7.41. The number of anilines is 1. The van der Waals surface area contributed by atoms with Crippen LogP contribution in [0.25, 0.3) is 0 Å². The van der Waals surface area contributed by atoms with Crippen LogP contribution in [0, 0.1) is 0 Å². The number of hydrogen-bond acceptors (Lipinski definition) is 3. The van der Waals surface area contributed by atoms with E-state index in [9.17, 15) is 9.90 Å². The predicted octanol–water partition coefficient (Wildman–Crippen LogP) is 2.15. The minimum atomic E-state index is -0.414. The highest BCUT2D eigenvalue weighted by atomic mass is 35.5. The Morgan fingerprint density at radius 3 is 2.55 bits per heavy atom. The number of rotatable bonds is 4. The van der Waals surface area contributed by atoms with Gasteiger partial charge >= 0.3 is 0 Å². The molecule has 1 aromatic rings. The van der Waals surface area contributed by atoms with E-state index >= 15 is 0 Å². The largest absolute Gasteiger partial charge is 0.393 e. The maximum atomic E-state index is 12.0. The van der Waals surface area contributed by atoms with Crippen molar-refractivity contribution in [2.45, 2.75) is 25.9 Å². The topological polar surface area (TPSA) is 43.8 Å². The summed E-state index contributed by atoms with van der Waals surface area (Å²) in [5.74, 6) is 0.129. The van der Waals surface area contributed by atoms with Gasteiger partial charge in [-0.05, 0) is 25.5 Å². The Balaban J connectivity index is 1.86. The van der Waals surface area contributed by atoms with Gasteiger partial charge in [-0.2, -0.15) is 0 Å². The fourth-order valence-corrected chi connectivity index (χ4v) is 2.65. The van der Waals surface area contributed by atoms with E-state index in [0.29, 0.717) is 25.9 Å². The third-order valence-corrected chi connectivity index (χ3v) is 3.92. The Hall–Kier alpha value is -1.26. The molecule has 110 valence electrons. The summed E-state index contributed by atoms with van der Waals surface area (Å²) in [6, 6.07) is 7.79. The van der Waals surface area contributed by atoms with Crippen LogP contribution in [0.3, 0.4) is 0 Å². The van der Waals surface area contributed by atoms with Crippen molar-refractivity contribution < 1.29 is 9.90 Å². The molecule has 1 aliphatic heterocycles. The van der Waals surface area contributed by atoms with Gasteiger partial charge in [0.15, 0.2) is 0 Å². The van der Waals surface area contributed by atoms with E-state index in [-0.39, 0.29) is 5.91 Å². The average Bonchev–Trinajstić information content (AvgIpc) is 2.45. The van der Waals surface area contributed by atoms with Gasteiger partial charge in [0.05, 0.1) is 16.8 Å². The zero-order valence-corrected chi connectivity index (χ0v) is 12.5. The molecular weight excluding hydrogens is 276 g/mol. The summed E-state index contributed by atoms with van der Waals surface area (Å²) >= 11 is 6.19. The number of aliphatic hydroxyl groups excluding tert-OH is 1. The van der Waals surface area contributed by atoms with Gasteiger partial charge in [0, 0.05) is 32.6 Å². The van der Waals surface area contributed by atoms with Crippen molar-refractivity contribution in [1.82, 2.24) is 4.90 Å². The molecule has 2 rings (SSSR count). The van der Waals surface area contributed by atoms with Crippen molar-refractivity contribution in [3.63, 3.8) is 0 Å². The molecule has 4 nitrogen and oxygen atoms in total. The van der Waals surface area contributed by atoms with Gasteiger partial charge < -0.3 is 14.9 Å². The molecule has 20 heavy (non-hydrogen) atoms. The summed E-state index contributed by atoms with van der Waals surface area (Å²) in [5.41, 5.74) is 1.03. The number of nitrogens with zero attached hydrogens (tertiary/aromatic N) is 2. The normalized spacial score (nSPS) is 17.1. The summed E-state index contributed by atoms with van der Waals surface area (Å²) in [7, 11) is 0. The van der Waals surface area contributed by atoms with Gasteiger partial charge in [-0.15, -0.1) is 0 Å². The molecule has 0 saturated carbocycles. The summed E-state index contributed by atoms with van der Waals surface area (Å²) in [5, 5.41) is 9.98. The summed E-state index contributed by atoms with van der Waals surface area (Å²) in [4.78, 5) is 16.1. The second-order valence-electron chi connectivity index (χ2n) is 5.21. The van der Waals surface area contributed by atoms with Crippen molar-refractivity contribution >= 4 is 23.2 Å². The van der Waals surface area contributed by atoms with Crippen LogP contribution in [0.15, 0.2) is 24.3 Å². The highest BCUT2D eigenvalue weighted by molar-refractivity contribution is 6.33. The van der Waals surface area contributed by atoms with E-state index in [4.69, 9.17) is 11.6 Å².